The van der Waals surface area contributed by atoms with E-state index in [2.05, 4.69) is 48.7 Å². The molecule has 3 aromatic rings. The zero-order valence-electron chi connectivity index (χ0n) is 18.6. The molecule has 1 N–H and O–H groups in total. The molecule has 2 heterocycles. The summed E-state index contributed by atoms with van der Waals surface area (Å²) < 4.78 is 13.2. The smallest absolute Gasteiger partial charge is 0.123 e. The van der Waals surface area contributed by atoms with Crippen LogP contribution < -0.4 is 0 Å². The van der Waals surface area contributed by atoms with Crippen molar-refractivity contribution in [1.29, 1.82) is 0 Å². The predicted octanol–water partition coefficient (Wildman–Crippen LogP) is 7.13. The molecule has 2 aromatic carbocycles. The molecular weight excluding hydrogens is 383 g/mol. The number of halogens is 1. The highest BCUT2D eigenvalue weighted by atomic mass is 19.1. The Kier molecular flexibility index (Phi) is 5.86. The van der Waals surface area contributed by atoms with E-state index >= 15 is 0 Å². The molecular formula is C28H31FN2. The molecule has 0 aliphatic carbocycles. The largest absolute Gasteiger partial charge is 0.372 e. The number of aromatic nitrogens is 1. The SMILES string of the molecule is C=C(C)C(=C)c1c[nH]c2cc(C)c(C(=C)N3CCC(Cc4ccc(F)cc4)CC3)cc12. The molecule has 1 aliphatic rings. The summed E-state index contributed by atoms with van der Waals surface area (Å²) in [7, 11) is 0. The van der Waals surface area contributed by atoms with Gasteiger partial charge in [0, 0.05) is 47.0 Å². The van der Waals surface area contributed by atoms with Gasteiger partial charge in [-0.2, -0.15) is 0 Å². The fourth-order valence-corrected chi connectivity index (χ4v) is 4.60. The summed E-state index contributed by atoms with van der Waals surface area (Å²) in [5.41, 5.74) is 8.89. The molecule has 31 heavy (non-hydrogen) atoms. The summed E-state index contributed by atoms with van der Waals surface area (Å²) in [5, 5.41) is 1.17. The highest BCUT2D eigenvalue weighted by Gasteiger charge is 2.22. The van der Waals surface area contributed by atoms with Crippen molar-refractivity contribution in [3.8, 4) is 0 Å². The number of nitrogens with zero attached hydrogens (tertiary/aromatic N) is 1. The van der Waals surface area contributed by atoms with Crippen molar-refractivity contribution in [1.82, 2.24) is 9.88 Å². The Morgan fingerprint density at radius 1 is 1.06 bits per heavy atom. The molecule has 1 aromatic heterocycles. The normalized spacial score (nSPS) is 14.7. The molecule has 0 bridgehead atoms. The third kappa shape index (κ3) is 4.36. The van der Waals surface area contributed by atoms with E-state index < -0.39 is 0 Å². The molecule has 160 valence electrons. The first-order valence-corrected chi connectivity index (χ1v) is 11.0. The Morgan fingerprint density at radius 2 is 1.74 bits per heavy atom. The fourth-order valence-electron chi connectivity index (χ4n) is 4.60. The summed E-state index contributed by atoms with van der Waals surface area (Å²) in [5.74, 6) is 0.466. The van der Waals surface area contributed by atoms with Gasteiger partial charge >= 0.3 is 0 Å². The number of aromatic amines is 1. The highest BCUT2D eigenvalue weighted by molar-refractivity contribution is 5.97. The zero-order valence-corrected chi connectivity index (χ0v) is 18.6. The fraction of sp³-hybridized carbons (Fsp3) is 0.286. The molecule has 0 spiro atoms. The number of nitrogens with one attached hydrogen (secondary N) is 1. The van der Waals surface area contributed by atoms with Crippen molar-refractivity contribution in [2.45, 2.75) is 33.1 Å². The molecule has 0 unspecified atom stereocenters. The van der Waals surface area contributed by atoms with E-state index in [1.54, 1.807) is 12.1 Å². The first-order chi connectivity index (χ1) is 14.8. The maximum Gasteiger partial charge on any atom is 0.123 e. The summed E-state index contributed by atoms with van der Waals surface area (Å²) in [4.78, 5) is 5.79. The van der Waals surface area contributed by atoms with Crippen molar-refractivity contribution in [2.75, 3.05) is 13.1 Å². The third-order valence-corrected chi connectivity index (χ3v) is 6.61. The van der Waals surface area contributed by atoms with Gasteiger partial charge in [-0.05, 0) is 80.0 Å². The van der Waals surface area contributed by atoms with Crippen LogP contribution >= 0.6 is 0 Å². The molecule has 0 radical (unpaired) electrons. The number of aryl methyl sites for hydroxylation is 1. The summed E-state index contributed by atoms with van der Waals surface area (Å²) in [6, 6.07) is 11.4. The van der Waals surface area contributed by atoms with Crippen LogP contribution in [0.5, 0.6) is 0 Å². The van der Waals surface area contributed by atoms with Crippen molar-refractivity contribution in [3.63, 3.8) is 0 Å². The van der Waals surface area contributed by atoms with Gasteiger partial charge in [0.1, 0.15) is 5.82 Å². The number of H-pyrrole nitrogens is 1. The second-order valence-electron chi connectivity index (χ2n) is 8.88. The summed E-state index contributed by atoms with van der Waals surface area (Å²) in [6.07, 6.45) is 5.29. The lowest BCUT2D eigenvalue weighted by Gasteiger charge is -2.35. The number of fused-ring (bicyclic) bond motifs is 1. The molecule has 0 atom stereocenters. The standard InChI is InChI=1S/C28H31FN2/c1-18(2)20(4)27-17-30-28-14-19(3)25(16-26(27)28)21(5)31-12-10-23(11-13-31)15-22-6-8-24(29)9-7-22/h6-9,14,16-17,23,30H,1,4-5,10-13,15H2,2-3H3. The van der Waals surface area contributed by atoms with Crippen LogP contribution in [0, 0.1) is 18.7 Å². The van der Waals surface area contributed by atoms with Gasteiger partial charge < -0.3 is 9.88 Å². The Labute approximate surface area is 184 Å². The van der Waals surface area contributed by atoms with Gasteiger partial charge in [0.2, 0.25) is 0 Å². The lowest BCUT2D eigenvalue weighted by Crippen LogP contribution is -2.33. The molecule has 3 heteroatoms. The minimum Gasteiger partial charge on any atom is -0.372 e. The molecule has 0 saturated carbocycles. The average Bonchev–Trinajstić information content (AvgIpc) is 3.16. The van der Waals surface area contributed by atoms with Crippen LogP contribution in [0.1, 0.15) is 42.0 Å². The zero-order chi connectivity index (χ0) is 22.1. The van der Waals surface area contributed by atoms with Crippen molar-refractivity contribution in [3.05, 3.63) is 96.0 Å². The van der Waals surface area contributed by atoms with Crippen LogP contribution in [-0.2, 0) is 6.42 Å². The minimum atomic E-state index is -0.167. The van der Waals surface area contributed by atoms with Crippen molar-refractivity contribution in [2.24, 2.45) is 5.92 Å². The number of hydrogen-bond donors (Lipinski definition) is 1. The van der Waals surface area contributed by atoms with E-state index in [0.717, 1.165) is 60.3 Å². The Balaban J connectivity index is 1.48. The Morgan fingerprint density at radius 3 is 2.39 bits per heavy atom. The van der Waals surface area contributed by atoms with E-state index in [1.165, 1.54) is 22.1 Å². The number of piperidine rings is 1. The van der Waals surface area contributed by atoms with Crippen LogP contribution in [0.25, 0.3) is 22.2 Å². The molecule has 1 saturated heterocycles. The van der Waals surface area contributed by atoms with Gasteiger partial charge in [-0.3, -0.25) is 0 Å². The van der Waals surface area contributed by atoms with Gasteiger partial charge in [0.15, 0.2) is 0 Å². The summed E-state index contributed by atoms with van der Waals surface area (Å²) >= 11 is 0. The molecule has 4 rings (SSSR count). The Bertz CT molecular complexity index is 1140. The first kappa shape index (κ1) is 21.2. The number of likely N-dealkylation sites (tertiary alicyclic amines) is 1. The van der Waals surface area contributed by atoms with E-state index in [1.807, 2.05) is 25.3 Å². The lowest BCUT2D eigenvalue weighted by molar-refractivity contribution is 0.254. The minimum absolute atomic E-state index is 0.167. The van der Waals surface area contributed by atoms with Gasteiger partial charge in [0.05, 0.1) is 0 Å². The maximum atomic E-state index is 13.2. The quantitative estimate of drug-likeness (QED) is 0.425. The van der Waals surface area contributed by atoms with E-state index in [9.17, 15) is 4.39 Å². The topological polar surface area (TPSA) is 19.0 Å². The lowest BCUT2D eigenvalue weighted by atomic mass is 9.89. The maximum absolute atomic E-state index is 13.2. The highest BCUT2D eigenvalue weighted by Crippen LogP contribution is 2.34. The van der Waals surface area contributed by atoms with Crippen LogP contribution in [0.15, 0.2) is 67.9 Å². The van der Waals surface area contributed by atoms with Gasteiger partial charge in [0.25, 0.3) is 0 Å². The molecule has 1 fully saturated rings. The van der Waals surface area contributed by atoms with E-state index in [-0.39, 0.29) is 5.82 Å². The first-order valence-electron chi connectivity index (χ1n) is 11.0. The molecule has 0 amide bonds. The van der Waals surface area contributed by atoms with Crippen molar-refractivity contribution >= 4 is 22.2 Å². The number of hydrogen-bond acceptors (Lipinski definition) is 1. The summed E-state index contributed by atoms with van der Waals surface area (Å²) in [6.45, 7) is 18.9. The van der Waals surface area contributed by atoms with Gasteiger partial charge in [-0.1, -0.05) is 37.4 Å². The van der Waals surface area contributed by atoms with Crippen LogP contribution in [0.3, 0.4) is 0 Å². The van der Waals surface area contributed by atoms with Crippen LogP contribution in [0.2, 0.25) is 0 Å². The Hall–Kier alpha value is -3.07. The molecule has 1 aliphatic heterocycles. The number of rotatable bonds is 6. The van der Waals surface area contributed by atoms with E-state index in [4.69, 9.17) is 0 Å². The second kappa shape index (κ2) is 8.58. The van der Waals surface area contributed by atoms with Crippen LogP contribution in [-0.4, -0.2) is 23.0 Å². The number of allylic oxidation sites excluding steroid dienone is 2. The van der Waals surface area contributed by atoms with E-state index in [0.29, 0.717) is 5.92 Å². The third-order valence-electron chi connectivity index (χ3n) is 6.61. The number of benzene rings is 2. The molecule has 2 nitrogen and oxygen atoms in total. The van der Waals surface area contributed by atoms with Gasteiger partial charge in [-0.15, -0.1) is 0 Å². The predicted molar refractivity (Wildman–Crippen MR) is 130 cm³/mol. The monoisotopic (exact) mass is 414 g/mol. The van der Waals surface area contributed by atoms with Gasteiger partial charge in [-0.25, -0.2) is 4.39 Å². The van der Waals surface area contributed by atoms with Crippen molar-refractivity contribution < 1.29 is 4.39 Å². The average molecular weight is 415 g/mol. The van der Waals surface area contributed by atoms with Crippen LogP contribution in [0.4, 0.5) is 4.39 Å². The second-order valence-corrected chi connectivity index (χ2v) is 8.88.